The predicted octanol–water partition coefficient (Wildman–Crippen LogP) is 4.87. The van der Waals surface area contributed by atoms with E-state index in [1.165, 1.54) is 23.3 Å². The Kier molecular flexibility index (Phi) is 5.61. The number of halogens is 1. The van der Waals surface area contributed by atoms with Crippen molar-refractivity contribution in [1.29, 1.82) is 0 Å². The van der Waals surface area contributed by atoms with Gasteiger partial charge >= 0.3 is 0 Å². The van der Waals surface area contributed by atoms with Crippen molar-refractivity contribution >= 4 is 23.4 Å². The molecule has 0 atom stereocenters. The van der Waals surface area contributed by atoms with Crippen LogP contribution in [-0.2, 0) is 4.79 Å². The topological polar surface area (TPSA) is 29.1 Å². The second-order valence-electron chi connectivity index (χ2n) is 5.35. The Morgan fingerprint density at radius 3 is 2.50 bits per heavy atom. The molecular weight excluding hydrogens is 297 g/mol. The first-order chi connectivity index (χ1) is 10.5. The molecule has 0 fully saturated rings. The summed E-state index contributed by atoms with van der Waals surface area (Å²) in [6, 6.07) is 10.7. The number of hydrogen-bond donors (Lipinski definition) is 1. The van der Waals surface area contributed by atoms with Gasteiger partial charge in [-0.2, -0.15) is 0 Å². The number of thioether (sulfide) groups is 1. The van der Waals surface area contributed by atoms with E-state index in [0.717, 1.165) is 10.5 Å². The molecule has 22 heavy (non-hydrogen) atoms. The summed E-state index contributed by atoms with van der Waals surface area (Å²) < 4.78 is 13.2. The predicted molar refractivity (Wildman–Crippen MR) is 91.0 cm³/mol. The third-order valence-electron chi connectivity index (χ3n) is 3.55. The summed E-state index contributed by atoms with van der Waals surface area (Å²) >= 11 is 1.65. The van der Waals surface area contributed by atoms with Crippen LogP contribution in [-0.4, -0.2) is 11.7 Å². The Labute approximate surface area is 135 Å². The van der Waals surface area contributed by atoms with Gasteiger partial charge in [0.05, 0.1) is 0 Å². The molecule has 2 rings (SSSR count). The van der Waals surface area contributed by atoms with E-state index in [1.54, 1.807) is 17.8 Å². The van der Waals surface area contributed by atoms with Gasteiger partial charge in [-0.1, -0.05) is 12.1 Å². The summed E-state index contributed by atoms with van der Waals surface area (Å²) in [6.45, 7) is 6.01. The molecule has 0 spiro atoms. The largest absolute Gasteiger partial charge is 0.326 e. The zero-order chi connectivity index (χ0) is 16.1. The molecule has 2 aromatic carbocycles. The molecule has 0 aromatic heterocycles. The molecule has 1 N–H and O–H groups in total. The lowest BCUT2D eigenvalue weighted by Crippen LogP contribution is -2.13. The van der Waals surface area contributed by atoms with Gasteiger partial charge in [-0.3, -0.25) is 4.79 Å². The van der Waals surface area contributed by atoms with Crippen LogP contribution in [0, 0.1) is 26.6 Å². The lowest BCUT2D eigenvalue weighted by molar-refractivity contribution is -0.115. The fourth-order valence-corrected chi connectivity index (χ4v) is 2.95. The fourth-order valence-electron chi connectivity index (χ4n) is 2.01. The Morgan fingerprint density at radius 2 is 1.77 bits per heavy atom. The van der Waals surface area contributed by atoms with E-state index in [-0.39, 0.29) is 11.7 Å². The monoisotopic (exact) mass is 317 g/mol. The second-order valence-corrected chi connectivity index (χ2v) is 6.52. The van der Waals surface area contributed by atoms with Crippen LogP contribution in [0.2, 0.25) is 0 Å². The Hall–Kier alpha value is -1.81. The van der Waals surface area contributed by atoms with Gasteiger partial charge < -0.3 is 5.32 Å². The molecular formula is C18H20FNOS. The highest BCUT2D eigenvalue weighted by molar-refractivity contribution is 7.99. The smallest absolute Gasteiger partial charge is 0.225 e. The maximum atomic E-state index is 13.2. The Bertz CT molecular complexity index is 685. The lowest BCUT2D eigenvalue weighted by atomic mass is 10.1. The molecule has 0 bridgehead atoms. The van der Waals surface area contributed by atoms with Gasteiger partial charge in [-0.15, -0.1) is 11.8 Å². The van der Waals surface area contributed by atoms with E-state index in [1.807, 2.05) is 6.92 Å². The molecule has 0 aliphatic heterocycles. The van der Waals surface area contributed by atoms with Crippen LogP contribution in [0.4, 0.5) is 10.1 Å². The Balaban J connectivity index is 1.85. The van der Waals surface area contributed by atoms with Gasteiger partial charge in [0.15, 0.2) is 0 Å². The molecule has 0 aliphatic carbocycles. The van der Waals surface area contributed by atoms with Crippen molar-refractivity contribution in [3.8, 4) is 0 Å². The van der Waals surface area contributed by atoms with E-state index >= 15 is 0 Å². The highest BCUT2D eigenvalue weighted by Gasteiger charge is 2.06. The van der Waals surface area contributed by atoms with Crippen molar-refractivity contribution in [2.75, 3.05) is 11.1 Å². The molecule has 0 saturated heterocycles. The van der Waals surface area contributed by atoms with Gasteiger partial charge in [0.2, 0.25) is 5.91 Å². The standard InChI is InChI=1S/C18H20FNOS/c1-12-5-7-16(10-14(12)3)22-9-8-18(21)20-17-11-15(19)6-4-13(17)2/h4-7,10-11H,8-9H2,1-3H3,(H,20,21). The summed E-state index contributed by atoms with van der Waals surface area (Å²) in [7, 11) is 0. The number of hydrogen-bond acceptors (Lipinski definition) is 2. The van der Waals surface area contributed by atoms with Gasteiger partial charge in [0.25, 0.3) is 0 Å². The van der Waals surface area contributed by atoms with Crippen LogP contribution in [0.5, 0.6) is 0 Å². The molecule has 2 aromatic rings. The highest BCUT2D eigenvalue weighted by atomic mass is 32.2. The zero-order valence-corrected chi connectivity index (χ0v) is 13.9. The maximum Gasteiger partial charge on any atom is 0.225 e. The number of benzene rings is 2. The van der Waals surface area contributed by atoms with Crippen molar-refractivity contribution in [2.24, 2.45) is 0 Å². The van der Waals surface area contributed by atoms with Crippen molar-refractivity contribution in [3.63, 3.8) is 0 Å². The average Bonchev–Trinajstić information content (AvgIpc) is 2.47. The van der Waals surface area contributed by atoms with Crippen molar-refractivity contribution in [2.45, 2.75) is 32.1 Å². The summed E-state index contributed by atoms with van der Waals surface area (Å²) in [5, 5.41) is 2.77. The molecule has 0 radical (unpaired) electrons. The van der Waals surface area contributed by atoms with Crippen LogP contribution >= 0.6 is 11.8 Å². The number of carbonyl (C=O) groups is 1. The number of aryl methyl sites for hydroxylation is 3. The SMILES string of the molecule is Cc1ccc(SCCC(=O)Nc2cc(F)ccc2C)cc1C. The first kappa shape index (κ1) is 16.6. The number of amides is 1. The minimum atomic E-state index is -0.342. The molecule has 0 heterocycles. The van der Waals surface area contributed by atoms with E-state index < -0.39 is 0 Å². The van der Waals surface area contributed by atoms with Crippen molar-refractivity contribution in [1.82, 2.24) is 0 Å². The molecule has 2 nitrogen and oxygen atoms in total. The molecule has 4 heteroatoms. The van der Waals surface area contributed by atoms with Crippen LogP contribution in [0.1, 0.15) is 23.1 Å². The first-order valence-electron chi connectivity index (χ1n) is 7.22. The van der Waals surface area contributed by atoms with Crippen LogP contribution < -0.4 is 5.32 Å². The maximum absolute atomic E-state index is 13.2. The van der Waals surface area contributed by atoms with Crippen LogP contribution in [0.15, 0.2) is 41.3 Å². The van der Waals surface area contributed by atoms with Crippen LogP contribution in [0.25, 0.3) is 0 Å². The summed E-state index contributed by atoms with van der Waals surface area (Å²) in [5.74, 6) is 0.262. The summed E-state index contributed by atoms with van der Waals surface area (Å²) in [5.41, 5.74) is 3.92. The molecule has 0 unspecified atom stereocenters. The van der Waals surface area contributed by atoms with Crippen molar-refractivity contribution in [3.05, 3.63) is 58.9 Å². The zero-order valence-electron chi connectivity index (χ0n) is 13.1. The van der Waals surface area contributed by atoms with Crippen LogP contribution in [0.3, 0.4) is 0 Å². The Morgan fingerprint density at radius 1 is 1.05 bits per heavy atom. The van der Waals surface area contributed by atoms with E-state index in [2.05, 4.69) is 37.4 Å². The minimum absolute atomic E-state index is 0.0926. The second kappa shape index (κ2) is 7.45. The normalized spacial score (nSPS) is 10.5. The molecule has 0 aliphatic rings. The minimum Gasteiger partial charge on any atom is -0.326 e. The number of carbonyl (C=O) groups excluding carboxylic acids is 1. The third-order valence-corrected chi connectivity index (χ3v) is 4.55. The number of anilines is 1. The number of rotatable bonds is 5. The molecule has 0 saturated carbocycles. The molecule has 116 valence electrons. The van der Waals surface area contributed by atoms with Gasteiger partial charge in [0.1, 0.15) is 5.82 Å². The third kappa shape index (κ3) is 4.60. The lowest BCUT2D eigenvalue weighted by Gasteiger charge is -2.09. The van der Waals surface area contributed by atoms with Crippen molar-refractivity contribution < 1.29 is 9.18 Å². The fraction of sp³-hybridized carbons (Fsp3) is 0.278. The quantitative estimate of drug-likeness (QED) is 0.797. The summed E-state index contributed by atoms with van der Waals surface area (Å²) in [6.07, 6.45) is 0.396. The van der Waals surface area contributed by atoms with E-state index in [0.29, 0.717) is 17.9 Å². The van der Waals surface area contributed by atoms with Gasteiger partial charge in [-0.25, -0.2) is 4.39 Å². The van der Waals surface area contributed by atoms with Gasteiger partial charge in [0, 0.05) is 22.8 Å². The summed E-state index contributed by atoms with van der Waals surface area (Å²) in [4.78, 5) is 13.1. The van der Waals surface area contributed by atoms with Gasteiger partial charge in [-0.05, 0) is 61.7 Å². The van der Waals surface area contributed by atoms with E-state index in [9.17, 15) is 9.18 Å². The number of nitrogens with one attached hydrogen (secondary N) is 1. The average molecular weight is 317 g/mol. The van der Waals surface area contributed by atoms with E-state index in [4.69, 9.17) is 0 Å². The first-order valence-corrected chi connectivity index (χ1v) is 8.20. The highest BCUT2D eigenvalue weighted by Crippen LogP contribution is 2.22. The molecule has 1 amide bonds.